The molecule has 0 aliphatic carbocycles. The summed E-state index contributed by atoms with van der Waals surface area (Å²) in [5.74, 6) is 0.0572. The molecule has 120 valence electrons. The molecule has 1 N–H and O–H groups in total. The minimum atomic E-state index is 0.0572. The molecule has 0 atom stereocenters. The van der Waals surface area contributed by atoms with Crippen LogP contribution in [0.1, 0.15) is 27.9 Å². The van der Waals surface area contributed by atoms with Crippen LogP contribution in [0.25, 0.3) is 0 Å². The Balaban J connectivity index is 1.63. The Hall–Kier alpha value is -2.87. The van der Waals surface area contributed by atoms with Crippen molar-refractivity contribution in [3.8, 4) is 0 Å². The molecular formula is C22H21NO. The number of anilines is 1. The van der Waals surface area contributed by atoms with Crippen LogP contribution in [-0.4, -0.2) is 12.3 Å². The molecule has 3 rings (SSSR count). The van der Waals surface area contributed by atoms with Crippen LogP contribution >= 0.6 is 0 Å². The lowest BCUT2D eigenvalue weighted by Crippen LogP contribution is -2.09. The quantitative estimate of drug-likeness (QED) is 0.493. The third-order valence-corrected chi connectivity index (χ3v) is 4.01. The number of ketones is 1. The molecule has 0 spiro atoms. The van der Waals surface area contributed by atoms with Crippen molar-refractivity contribution >= 4 is 11.5 Å². The summed E-state index contributed by atoms with van der Waals surface area (Å²) in [6.45, 7) is 0.841. The van der Waals surface area contributed by atoms with Gasteiger partial charge in [-0.05, 0) is 30.5 Å². The Labute approximate surface area is 143 Å². The zero-order chi connectivity index (χ0) is 16.6. The maximum atomic E-state index is 12.7. The zero-order valence-corrected chi connectivity index (χ0v) is 13.6. The van der Waals surface area contributed by atoms with Gasteiger partial charge < -0.3 is 5.32 Å². The summed E-state index contributed by atoms with van der Waals surface area (Å²) >= 11 is 0. The predicted molar refractivity (Wildman–Crippen MR) is 99.6 cm³/mol. The largest absolute Gasteiger partial charge is 0.384 e. The lowest BCUT2D eigenvalue weighted by Gasteiger charge is -2.11. The van der Waals surface area contributed by atoms with Gasteiger partial charge in [-0.2, -0.15) is 0 Å². The van der Waals surface area contributed by atoms with Gasteiger partial charge >= 0.3 is 0 Å². The summed E-state index contributed by atoms with van der Waals surface area (Å²) in [4.78, 5) is 12.7. The van der Waals surface area contributed by atoms with Crippen molar-refractivity contribution in [1.82, 2.24) is 0 Å². The van der Waals surface area contributed by atoms with Gasteiger partial charge in [-0.3, -0.25) is 4.79 Å². The van der Waals surface area contributed by atoms with E-state index in [9.17, 15) is 4.79 Å². The van der Waals surface area contributed by atoms with Crippen molar-refractivity contribution in [3.05, 3.63) is 102 Å². The lowest BCUT2D eigenvalue weighted by molar-refractivity contribution is 0.103. The fourth-order valence-electron chi connectivity index (χ4n) is 2.74. The molecule has 0 aliphatic heterocycles. The molecular weight excluding hydrogens is 294 g/mol. The van der Waals surface area contributed by atoms with Crippen molar-refractivity contribution in [3.63, 3.8) is 0 Å². The van der Waals surface area contributed by atoms with Crippen molar-refractivity contribution < 1.29 is 4.79 Å². The third kappa shape index (κ3) is 4.11. The van der Waals surface area contributed by atoms with Gasteiger partial charge in [-0.15, -0.1) is 0 Å². The normalized spacial score (nSPS) is 10.3. The second kappa shape index (κ2) is 8.11. The minimum Gasteiger partial charge on any atom is -0.384 e. The van der Waals surface area contributed by atoms with E-state index >= 15 is 0 Å². The van der Waals surface area contributed by atoms with E-state index < -0.39 is 0 Å². The molecule has 0 saturated heterocycles. The van der Waals surface area contributed by atoms with Crippen LogP contribution < -0.4 is 5.32 Å². The summed E-state index contributed by atoms with van der Waals surface area (Å²) in [5.41, 5.74) is 3.69. The minimum absolute atomic E-state index is 0.0572. The number of nitrogens with one attached hydrogen (secondary N) is 1. The summed E-state index contributed by atoms with van der Waals surface area (Å²) < 4.78 is 0. The summed E-state index contributed by atoms with van der Waals surface area (Å²) in [7, 11) is 0. The van der Waals surface area contributed by atoms with Crippen LogP contribution in [0.3, 0.4) is 0 Å². The van der Waals surface area contributed by atoms with Crippen LogP contribution in [0.5, 0.6) is 0 Å². The Morgan fingerprint density at radius 1 is 0.750 bits per heavy atom. The topological polar surface area (TPSA) is 29.1 Å². The second-order valence-electron chi connectivity index (χ2n) is 5.76. The predicted octanol–water partition coefficient (Wildman–Crippen LogP) is 4.96. The Bertz CT molecular complexity index is 781. The molecule has 0 aliphatic rings. The number of carbonyl (C=O) groups is 1. The monoisotopic (exact) mass is 315 g/mol. The molecule has 2 heteroatoms. The second-order valence-corrected chi connectivity index (χ2v) is 5.76. The van der Waals surface area contributed by atoms with E-state index in [0.29, 0.717) is 0 Å². The first-order chi connectivity index (χ1) is 11.8. The smallest absolute Gasteiger partial charge is 0.195 e. The summed E-state index contributed by atoms with van der Waals surface area (Å²) in [5, 5.41) is 3.41. The van der Waals surface area contributed by atoms with E-state index in [-0.39, 0.29) is 5.78 Å². The standard InChI is InChI=1S/C22H21NO/c24-22(19-13-5-2-6-14-19)20-15-7-8-16-21(20)23-17-9-12-18-10-3-1-4-11-18/h1-8,10-11,13-16,23H,9,12,17H2. The van der Waals surface area contributed by atoms with Gasteiger partial charge in [0, 0.05) is 23.4 Å². The molecule has 0 radical (unpaired) electrons. The molecule has 0 heterocycles. The summed E-state index contributed by atoms with van der Waals surface area (Å²) in [6, 6.07) is 27.6. The molecule has 3 aromatic carbocycles. The highest BCUT2D eigenvalue weighted by Gasteiger charge is 2.12. The van der Waals surface area contributed by atoms with Crippen molar-refractivity contribution in [2.45, 2.75) is 12.8 Å². The summed E-state index contributed by atoms with van der Waals surface area (Å²) in [6.07, 6.45) is 2.06. The molecule has 0 unspecified atom stereocenters. The molecule has 2 nitrogen and oxygen atoms in total. The maximum absolute atomic E-state index is 12.7. The molecule has 0 saturated carbocycles. The highest BCUT2D eigenvalue weighted by Crippen LogP contribution is 2.19. The highest BCUT2D eigenvalue weighted by atomic mass is 16.1. The fraction of sp³-hybridized carbons (Fsp3) is 0.136. The van der Waals surface area contributed by atoms with E-state index in [2.05, 4.69) is 29.6 Å². The first-order valence-corrected chi connectivity index (χ1v) is 8.31. The van der Waals surface area contributed by atoms with Crippen LogP contribution in [0.2, 0.25) is 0 Å². The maximum Gasteiger partial charge on any atom is 0.195 e. The fourth-order valence-corrected chi connectivity index (χ4v) is 2.74. The van der Waals surface area contributed by atoms with E-state index in [1.807, 2.05) is 60.7 Å². The Morgan fingerprint density at radius 3 is 2.12 bits per heavy atom. The Kier molecular flexibility index (Phi) is 5.41. The van der Waals surface area contributed by atoms with Gasteiger partial charge in [-0.25, -0.2) is 0 Å². The number of para-hydroxylation sites is 1. The van der Waals surface area contributed by atoms with Crippen LogP contribution in [-0.2, 0) is 6.42 Å². The highest BCUT2D eigenvalue weighted by molar-refractivity contribution is 6.12. The van der Waals surface area contributed by atoms with Crippen molar-refractivity contribution in [2.24, 2.45) is 0 Å². The van der Waals surface area contributed by atoms with Crippen LogP contribution in [0.15, 0.2) is 84.9 Å². The zero-order valence-electron chi connectivity index (χ0n) is 13.6. The molecule has 3 aromatic rings. The van der Waals surface area contributed by atoms with Gasteiger partial charge in [0.1, 0.15) is 0 Å². The average Bonchev–Trinajstić information content (AvgIpc) is 2.66. The third-order valence-electron chi connectivity index (χ3n) is 4.01. The molecule has 0 amide bonds. The van der Waals surface area contributed by atoms with Gasteiger partial charge in [0.15, 0.2) is 5.78 Å². The van der Waals surface area contributed by atoms with Gasteiger partial charge in [0.05, 0.1) is 0 Å². The molecule has 0 fully saturated rings. The lowest BCUT2D eigenvalue weighted by atomic mass is 10.0. The first-order valence-electron chi connectivity index (χ1n) is 8.31. The van der Waals surface area contributed by atoms with E-state index in [4.69, 9.17) is 0 Å². The van der Waals surface area contributed by atoms with E-state index in [0.717, 1.165) is 36.2 Å². The van der Waals surface area contributed by atoms with Crippen molar-refractivity contribution in [1.29, 1.82) is 0 Å². The molecule has 0 aromatic heterocycles. The van der Waals surface area contributed by atoms with Crippen molar-refractivity contribution in [2.75, 3.05) is 11.9 Å². The average molecular weight is 315 g/mol. The number of carbonyl (C=O) groups excluding carboxylic acids is 1. The number of hydrogen-bond donors (Lipinski definition) is 1. The van der Waals surface area contributed by atoms with Gasteiger partial charge in [0.25, 0.3) is 0 Å². The molecule has 0 bridgehead atoms. The van der Waals surface area contributed by atoms with Gasteiger partial charge in [0.2, 0.25) is 0 Å². The number of benzene rings is 3. The SMILES string of the molecule is O=C(c1ccccc1)c1ccccc1NCCCc1ccccc1. The number of rotatable bonds is 7. The first kappa shape index (κ1) is 16.0. The van der Waals surface area contributed by atoms with Crippen LogP contribution in [0.4, 0.5) is 5.69 Å². The number of hydrogen-bond acceptors (Lipinski definition) is 2. The Morgan fingerprint density at radius 2 is 1.38 bits per heavy atom. The van der Waals surface area contributed by atoms with Gasteiger partial charge in [-0.1, -0.05) is 72.8 Å². The van der Waals surface area contributed by atoms with E-state index in [1.165, 1.54) is 5.56 Å². The molecule has 24 heavy (non-hydrogen) atoms. The van der Waals surface area contributed by atoms with Crippen LogP contribution in [0, 0.1) is 0 Å². The van der Waals surface area contributed by atoms with E-state index in [1.54, 1.807) is 0 Å². The number of aryl methyl sites for hydroxylation is 1.